The van der Waals surface area contributed by atoms with Gasteiger partial charge in [0.15, 0.2) is 0 Å². The molecule has 0 heterocycles. The largest absolute Gasteiger partial charge is 2.00 e. The predicted molar refractivity (Wildman–Crippen MR) is 74.3 cm³/mol. The molecule has 0 unspecified atom stereocenters. The molecule has 2 aromatic rings. The standard InChI is InChI=1S/C15H15O2.BrH.ClH.Li.Mg/c1-11-4-6-12(7-5-11)13-8-9-14(16-2)15(10-13)17-3;;;;/h4-7,9-10H,1-3H3;2*1H;;/q-1;;;+1;+2/p-2. The van der Waals surface area contributed by atoms with Gasteiger partial charge in [-0.15, -0.1) is 17.7 Å². The van der Waals surface area contributed by atoms with E-state index >= 15 is 0 Å². The SMILES string of the molecule is COc1c[c-]c(-c2ccc(C)cc2)cc1OC.[Br-].[Cl-].[Li+].[Mg+2]. The zero-order valence-corrected chi connectivity index (χ0v) is 16.5. The van der Waals surface area contributed by atoms with E-state index in [1.165, 1.54) is 5.56 Å². The average molecular weight is 374 g/mol. The minimum absolute atomic E-state index is 0. The molecule has 0 atom stereocenters. The Labute approximate surface area is 171 Å². The monoisotopic (exact) mass is 372 g/mol. The number of benzene rings is 2. The second kappa shape index (κ2) is 12.7. The van der Waals surface area contributed by atoms with E-state index in [1.807, 2.05) is 6.07 Å². The number of methoxy groups -OCH3 is 2. The van der Waals surface area contributed by atoms with E-state index in [9.17, 15) is 0 Å². The van der Waals surface area contributed by atoms with E-state index in [-0.39, 0.29) is 71.3 Å². The summed E-state index contributed by atoms with van der Waals surface area (Å²) in [4.78, 5) is 0. The predicted octanol–water partition coefficient (Wildman–Crippen LogP) is -5.89. The van der Waals surface area contributed by atoms with E-state index in [4.69, 9.17) is 9.47 Å². The van der Waals surface area contributed by atoms with Gasteiger partial charge >= 0.3 is 41.9 Å². The zero-order valence-electron chi connectivity index (χ0n) is 12.7. The summed E-state index contributed by atoms with van der Waals surface area (Å²) in [7, 11) is 3.26. The Morgan fingerprint density at radius 2 is 1.48 bits per heavy atom. The fraction of sp³-hybridized carbons (Fsp3) is 0.200. The molecule has 0 bridgehead atoms. The Bertz CT molecular complexity index is 524. The molecule has 0 spiro atoms. The first-order valence-electron chi connectivity index (χ1n) is 5.45. The first kappa shape index (κ1) is 26.1. The molecule has 6 heteroatoms. The molecular formula is C15H15BrClLiMgO2. The van der Waals surface area contributed by atoms with Gasteiger partial charge in [-0.25, -0.2) is 0 Å². The summed E-state index contributed by atoms with van der Waals surface area (Å²) in [6, 6.07) is 15.2. The van der Waals surface area contributed by atoms with Gasteiger partial charge in [0.2, 0.25) is 0 Å². The van der Waals surface area contributed by atoms with Crippen molar-refractivity contribution in [3.63, 3.8) is 0 Å². The van der Waals surface area contributed by atoms with E-state index in [0.29, 0.717) is 5.75 Å². The van der Waals surface area contributed by atoms with Crippen LogP contribution in [-0.2, 0) is 0 Å². The zero-order chi connectivity index (χ0) is 12.3. The third kappa shape index (κ3) is 6.86. The van der Waals surface area contributed by atoms with Crippen molar-refractivity contribution in [2.45, 2.75) is 6.92 Å². The Hall–Kier alpha value is 0.174. The molecule has 2 nitrogen and oxygen atoms in total. The van der Waals surface area contributed by atoms with Crippen LogP contribution in [0.5, 0.6) is 11.5 Å². The summed E-state index contributed by atoms with van der Waals surface area (Å²) in [6.45, 7) is 2.07. The summed E-state index contributed by atoms with van der Waals surface area (Å²) < 4.78 is 10.5. The van der Waals surface area contributed by atoms with Crippen LogP contribution >= 0.6 is 0 Å². The third-order valence-corrected chi connectivity index (χ3v) is 2.68. The molecule has 2 rings (SSSR count). The van der Waals surface area contributed by atoms with Gasteiger partial charge in [0.25, 0.3) is 0 Å². The molecule has 0 aromatic heterocycles. The van der Waals surface area contributed by atoms with Crippen LogP contribution in [0.25, 0.3) is 11.1 Å². The fourth-order valence-corrected chi connectivity index (χ4v) is 1.68. The topological polar surface area (TPSA) is 18.5 Å². The molecular weight excluding hydrogens is 359 g/mol. The van der Waals surface area contributed by atoms with Gasteiger partial charge in [-0.05, 0) is 6.92 Å². The van der Waals surface area contributed by atoms with Crippen molar-refractivity contribution in [3.05, 3.63) is 48.0 Å². The van der Waals surface area contributed by atoms with Crippen LogP contribution in [-0.4, -0.2) is 37.3 Å². The van der Waals surface area contributed by atoms with Crippen LogP contribution in [0.1, 0.15) is 5.56 Å². The molecule has 2 aromatic carbocycles. The molecule has 104 valence electrons. The quantitative estimate of drug-likeness (QED) is 0.394. The first-order chi connectivity index (χ1) is 8.24. The van der Waals surface area contributed by atoms with E-state index < -0.39 is 0 Å². The van der Waals surface area contributed by atoms with Gasteiger partial charge in [0.05, 0.1) is 25.7 Å². The third-order valence-electron chi connectivity index (χ3n) is 2.68. The average Bonchev–Trinajstić information content (AvgIpc) is 2.39. The van der Waals surface area contributed by atoms with Crippen LogP contribution in [0.15, 0.2) is 36.4 Å². The minimum Gasteiger partial charge on any atom is -1.00 e. The molecule has 21 heavy (non-hydrogen) atoms. The number of rotatable bonds is 3. The second-order valence-electron chi connectivity index (χ2n) is 3.85. The van der Waals surface area contributed by atoms with Gasteiger partial charge in [-0.1, -0.05) is 41.5 Å². The first-order valence-corrected chi connectivity index (χ1v) is 5.45. The van der Waals surface area contributed by atoms with Crippen LogP contribution in [0, 0.1) is 13.0 Å². The van der Waals surface area contributed by atoms with Crippen molar-refractivity contribution < 1.29 is 57.7 Å². The minimum atomic E-state index is 0. The molecule has 0 N–H and O–H groups in total. The van der Waals surface area contributed by atoms with Crippen LogP contribution < -0.4 is 57.7 Å². The molecule has 0 saturated carbocycles. The number of hydrogen-bond acceptors (Lipinski definition) is 2. The molecule has 0 aliphatic carbocycles. The smallest absolute Gasteiger partial charge is 1.00 e. The number of ether oxygens (including phenoxy) is 2. The van der Waals surface area contributed by atoms with E-state index in [1.54, 1.807) is 20.3 Å². The summed E-state index contributed by atoms with van der Waals surface area (Å²) in [5.41, 5.74) is 3.37. The number of aryl methyl sites for hydroxylation is 1. The Morgan fingerprint density at radius 3 is 1.95 bits per heavy atom. The van der Waals surface area contributed by atoms with Gasteiger partial charge in [0, 0.05) is 0 Å². The van der Waals surface area contributed by atoms with Gasteiger partial charge in [0.1, 0.15) is 0 Å². The van der Waals surface area contributed by atoms with Crippen molar-refractivity contribution in [2.24, 2.45) is 0 Å². The van der Waals surface area contributed by atoms with E-state index in [0.717, 1.165) is 16.9 Å². The molecule has 0 fully saturated rings. The maximum Gasteiger partial charge on any atom is 2.00 e. The molecule has 0 aliphatic rings. The summed E-state index contributed by atoms with van der Waals surface area (Å²) in [5, 5.41) is 0. The van der Waals surface area contributed by atoms with E-state index in [2.05, 4.69) is 37.3 Å². The Kier molecular flexibility index (Phi) is 15.8. The van der Waals surface area contributed by atoms with Crippen LogP contribution in [0.4, 0.5) is 0 Å². The van der Waals surface area contributed by atoms with Crippen molar-refractivity contribution >= 4 is 23.1 Å². The normalized spacial score (nSPS) is 8.14. The van der Waals surface area contributed by atoms with Gasteiger partial charge in [-0.2, -0.15) is 0 Å². The maximum absolute atomic E-state index is 5.28. The number of halogens is 2. The number of hydrogen-bond donors (Lipinski definition) is 0. The fourth-order valence-electron chi connectivity index (χ4n) is 1.68. The molecule has 0 radical (unpaired) electrons. The Balaban J connectivity index is -0.000000810. The summed E-state index contributed by atoms with van der Waals surface area (Å²) in [5.74, 6) is 1.42. The van der Waals surface area contributed by atoms with Gasteiger partial charge < -0.3 is 38.9 Å². The van der Waals surface area contributed by atoms with Crippen LogP contribution in [0.3, 0.4) is 0 Å². The second-order valence-corrected chi connectivity index (χ2v) is 3.85. The van der Waals surface area contributed by atoms with Crippen molar-refractivity contribution in [2.75, 3.05) is 14.2 Å². The molecule has 0 aliphatic heterocycles. The van der Waals surface area contributed by atoms with Crippen molar-refractivity contribution in [1.29, 1.82) is 0 Å². The molecule has 0 saturated heterocycles. The maximum atomic E-state index is 5.28. The Morgan fingerprint density at radius 1 is 0.952 bits per heavy atom. The summed E-state index contributed by atoms with van der Waals surface area (Å²) >= 11 is 0. The van der Waals surface area contributed by atoms with Crippen molar-refractivity contribution in [3.8, 4) is 22.6 Å². The summed E-state index contributed by atoms with van der Waals surface area (Å²) in [6.07, 6.45) is 0. The van der Waals surface area contributed by atoms with Gasteiger partial charge in [-0.3, -0.25) is 0 Å². The van der Waals surface area contributed by atoms with Crippen LogP contribution in [0.2, 0.25) is 0 Å². The molecule has 0 amide bonds. The van der Waals surface area contributed by atoms with Crippen molar-refractivity contribution in [1.82, 2.24) is 0 Å².